The largest absolute Gasteiger partial charge is 0.339 e. The highest BCUT2D eigenvalue weighted by Crippen LogP contribution is 2.25. The van der Waals surface area contributed by atoms with Crippen LogP contribution in [0.4, 0.5) is 5.69 Å². The third-order valence-corrected chi connectivity index (χ3v) is 5.74. The van der Waals surface area contributed by atoms with Crippen LogP contribution in [0.5, 0.6) is 0 Å². The maximum atomic E-state index is 12.6. The molecule has 8 heteroatoms. The van der Waals surface area contributed by atoms with Gasteiger partial charge in [0, 0.05) is 30.3 Å². The number of hydrogen-bond donors (Lipinski definition) is 0. The second kappa shape index (κ2) is 5.38. The molecule has 3 rings (SSSR count). The number of aryl methyl sites for hydroxylation is 1. The van der Waals surface area contributed by atoms with Crippen molar-refractivity contribution >= 4 is 26.8 Å². The normalized spacial score (nSPS) is 13.8. The molecule has 0 saturated heterocycles. The monoisotopic (exact) mass is 320 g/mol. The van der Waals surface area contributed by atoms with Gasteiger partial charge in [-0.05, 0) is 12.1 Å². The van der Waals surface area contributed by atoms with E-state index in [0.717, 1.165) is 5.56 Å². The summed E-state index contributed by atoms with van der Waals surface area (Å²) in [6, 6.07) is 7.23. The van der Waals surface area contributed by atoms with Crippen LogP contribution < -0.4 is 0 Å². The second-order valence-electron chi connectivity index (χ2n) is 4.38. The van der Waals surface area contributed by atoms with Crippen LogP contribution in [0.1, 0.15) is 5.89 Å². The van der Waals surface area contributed by atoms with Gasteiger partial charge in [0.25, 0.3) is 0 Å². The van der Waals surface area contributed by atoms with Crippen molar-refractivity contribution in [2.75, 3.05) is 6.26 Å². The van der Waals surface area contributed by atoms with Gasteiger partial charge in [-0.3, -0.25) is 0 Å². The molecule has 1 aromatic carbocycles. The molecule has 0 aliphatic rings. The summed E-state index contributed by atoms with van der Waals surface area (Å²) in [6.45, 7) is 1.73. The Balaban J connectivity index is 2.03. The first kappa shape index (κ1) is 13.9. The van der Waals surface area contributed by atoms with Crippen molar-refractivity contribution in [1.29, 1.82) is 0 Å². The Bertz CT molecular complexity index is 877. The summed E-state index contributed by atoms with van der Waals surface area (Å²) in [7, 11) is -2.55. The Morgan fingerprint density at radius 3 is 2.90 bits per heavy atom. The van der Waals surface area contributed by atoms with Crippen LogP contribution in [-0.4, -0.2) is 25.6 Å². The number of nitrogens with zero attached hydrogens (tertiary/aromatic N) is 4. The van der Waals surface area contributed by atoms with E-state index in [2.05, 4.69) is 19.5 Å². The van der Waals surface area contributed by atoms with Crippen molar-refractivity contribution in [1.82, 2.24) is 15.1 Å². The third kappa shape index (κ3) is 3.01. The van der Waals surface area contributed by atoms with Gasteiger partial charge in [-0.25, -0.2) is 9.19 Å². The summed E-state index contributed by atoms with van der Waals surface area (Å²) >= 11 is 1.33. The lowest BCUT2D eigenvalue weighted by Gasteiger charge is -2.01. The predicted molar refractivity (Wildman–Crippen MR) is 81.0 cm³/mol. The zero-order chi connectivity index (χ0) is 14.9. The average molecular weight is 320 g/mol. The maximum Gasteiger partial charge on any atom is 0.223 e. The van der Waals surface area contributed by atoms with E-state index >= 15 is 0 Å². The topological polar surface area (TPSA) is 81.2 Å². The molecular formula is C13H12N4O2S2. The minimum Gasteiger partial charge on any atom is -0.339 e. The molecule has 108 valence electrons. The van der Waals surface area contributed by atoms with Crippen molar-refractivity contribution in [3.8, 4) is 11.4 Å². The molecule has 1 atom stereocenters. The minimum absolute atomic E-state index is 0.487. The lowest BCUT2D eigenvalue weighted by molar-refractivity contribution is 0.394. The summed E-state index contributed by atoms with van der Waals surface area (Å²) in [6.07, 6.45) is 3.20. The first-order valence-electron chi connectivity index (χ1n) is 6.07. The van der Waals surface area contributed by atoms with Gasteiger partial charge >= 0.3 is 0 Å². The number of aromatic nitrogens is 3. The molecule has 0 saturated carbocycles. The van der Waals surface area contributed by atoms with Crippen molar-refractivity contribution in [3.05, 3.63) is 41.7 Å². The molecule has 0 bridgehead atoms. The maximum absolute atomic E-state index is 12.6. The third-order valence-electron chi connectivity index (χ3n) is 2.65. The number of benzene rings is 1. The van der Waals surface area contributed by atoms with E-state index in [0.29, 0.717) is 21.7 Å². The Kier molecular flexibility index (Phi) is 3.56. The molecule has 0 fully saturated rings. The molecule has 6 nitrogen and oxygen atoms in total. The molecule has 21 heavy (non-hydrogen) atoms. The van der Waals surface area contributed by atoms with Gasteiger partial charge in [-0.2, -0.15) is 9.35 Å². The van der Waals surface area contributed by atoms with E-state index in [9.17, 15) is 4.21 Å². The molecule has 0 N–H and O–H groups in total. The lowest BCUT2D eigenvalue weighted by Crippen LogP contribution is -1.95. The van der Waals surface area contributed by atoms with Crippen molar-refractivity contribution in [2.45, 2.75) is 11.3 Å². The van der Waals surface area contributed by atoms with Crippen LogP contribution in [0.3, 0.4) is 0 Å². The van der Waals surface area contributed by atoms with Gasteiger partial charge in [0.1, 0.15) is 9.73 Å². The molecule has 0 aliphatic carbocycles. The van der Waals surface area contributed by atoms with Crippen LogP contribution in [0.2, 0.25) is 0 Å². The Labute approximate surface area is 126 Å². The lowest BCUT2D eigenvalue weighted by atomic mass is 10.2. The number of thiazole rings is 1. The van der Waals surface area contributed by atoms with Gasteiger partial charge in [0.15, 0.2) is 4.34 Å². The molecular weight excluding hydrogens is 308 g/mol. The van der Waals surface area contributed by atoms with Crippen LogP contribution in [0, 0.1) is 6.92 Å². The highest BCUT2D eigenvalue weighted by atomic mass is 32.2. The Morgan fingerprint density at radius 2 is 2.24 bits per heavy atom. The zero-order valence-corrected chi connectivity index (χ0v) is 13.0. The Hall–Kier alpha value is -2.06. The van der Waals surface area contributed by atoms with E-state index in [-0.39, 0.29) is 0 Å². The van der Waals surface area contributed by atoms with Gasteiger partial charge in [0.2, 0.25) is 11.7 Å². The highest BCUT2D eigenvalue weighted by Gasteiger charge is 2.10. The molecule has 0 spiro atoms. The fourth-order valence-electron chi connectivity index (χ4n) is 1.76. The summed E-state index contributed by atoms with van der Waals surface area (Å²) in [5.74, 6) is 0.982. The van der Waals surface area contributed by atoms with Gasteiger partial charge in [0.05, 0.1) is 5.69 Å². The van der Waals surface area contributed by atoms with Crippen LogP contribution in [0.15, 0.2) is 49.1 Å². The summed E-state index contributed by atoms with van der Waals surface area (Å²) in [4.78, 5) is 8.24. The quantitative estimate of drug-likeness (QED) is 0.739. The first-order chi connectivity index (χ1) is 10.0. The van der Waals surface area contributed by atoms with Crippen molar-refractivity contribution in [2.24, 2.45) is 4.36 Å². The summed E-state index contributed by atoms with van der Waals surface area (Å²) < 4.78 is 22.4. The molecule has 2 heterocycles. The highest BCUT2D eigenvalue weighted by molar-refractivity contribution is 7.94. The summed E-state index contributed by atoms with van der Waals surface area (Å²) in [5.41, 5.74) is 1.36. The van der Waals surface area contributed by atoms with E-state index < -0.39 is 9.73 Å². The van der Waals surface area contributed by atoms with Crippen LogP contribution in [0.25, 0.3) is 11.4 Å². The molecule has 0 radical (unpaired) electrons. The fraction of sp³-hybridized carbons (Fsp3) is 0.154. The molecule has 1 unspecified atom stereocenters. The molecule has 2 aromatic heterocycles. The predicted octanol–water partition coefficient (Wildman–Crippen LogP) is 3.29. The average Bonchev–Trinajstić information content (AvgIpc) is 3.09. The van der Waals surface area contributed by atoms with Gasteiger partial charge in [-0.15, -0.1) is 11.3 Å². The van der Waals surface area contributed by atoms with E-state index in [1.54, 1.807) is 36.9 Å². The zero-order valence-electron chi connectivity index (χ0n) is 11.4. The van der Waals surface area contributed by atoms with E-state index in [4.69, 9.17) is 4.52 Å². The molecule has 0 aliphatic heterocycles. The molecule has 0 amide bonds. The summed E-state index contributed by atoms with van der Waals surface area (Å²) in [5, 5.41) is 5.65. The molecule has 3 aromatic rings. The first-order valence-corrected chi connectivity index (χ1v) is 8.87. The standard InChI is InChI=1S/C13H12N4O2S2/c1-9-15-12(16-19-9)10-4-3-5-11(8-10)17-21(2,18)13-14-6-7-20-13/h3-8H,1-2H3. The van der Waals surface area contributed by atoms with Gasteiger partial charge < -0.3 is 4.52 Å². The van der Waals surface area contributed by atoms with Crippen molar-refractivity contribution < 1.29 is 8.73 Å². The van der Waals surface area contributed by atoms with Crippen LogP contribution >= 0.6 is 11.3 Å². The smallest absolute Gasteiger partial charge is 0.223 e. The fourth-order valence-corrected chi connectivity index (χ4v) is 3.96. The van der Waals surface area contributed by atoms with Crippen LogP contribution in [-0.2, 0) is 9.73 Å². The second-order valence-corrected chi connectivity index (χ2v) is 7.71. The van der Waals surface area contributed by atoms with Gasteiger partial charge in [-0.1, -0.05) is 17.3 Å². The number of rotatable bonds is 3. The van der Waals surface area contributed by atoms with E-state index in [1.165, 1.54) is 11.3 Å². The number of hydrogen-bond acceptors (Lipinski definition) is 7. The Morgan fingerprint density at radius 1 is 1.38 bits per heavy atom. The van der Waals surface area contributed by atoms with E-state index in [1.807, 2.05) is 12.1 Å². The SMILES string of the molecule is Cc1nc(-c2cccc(N=S(C)(=O)c3nccs3)c2)no1. The minimum atomic E-state index is -2.55. The van der Waals surface area contributed by atoms with Crippen molar-refractivity contribution in [3.63, 3.8) is 0 Å².